The van der Waals surface area contributed by atoms with Gasteiger partial charge >= 0.3 is 0 Å². The molecule has 26 heavy (non-hydrogen) atoms. The number of thioether (sulfide) groups is 1. The summed E-state index contributed by atoms with van der Waals surface area (Å²) in [5.41, 5.74) is 1.04. The van der Waals surface area contributed by atoms with Gasteiger partial charge in [0.25, 0.3) is 5.69 Å². The fourth-order valence-electron chi connectivity index (χ4n) is 2.10. The highest BCUT2D eigenvalue weighted by Gasteiger charge is 2.04. The van der Waals surface area contributed by atoms with Crippen molar-refractivity contribution in [3.63, 3.8) is 0 Å². The summed E-state index contributed by atoms with van der Waals surface area (Å²) >= 11 is 3.53. The van der Waals surface area contributed by atoms with Gasteiger partial charge in [0.15, 0.2) is 5.96 Å². The average molecular weight is 506 g/mol. The summed E-state index contributed by atoms with van der Waals surface area (Å²) in [6.45, 7) is 2.13. The van der Waals surface area contributed by atoms with Crippen LogP contribution >= 0.6 is 47.1 Å². The van der Waals surface area contributed by atoms with Crippen molar-refractivity contribution in [2.45, 2.75) is 13.0 Å². The van der Waals surface area contributed by atoms with E-state index in [1.54, 1.807) is 35.2 Å². The lowest BCUT2D eigenvalue weighted by Gasteiger charge is -2.12. The maximum absolute atomic E-state index is 10.7. The van der Waals surface area contributed by atoms with Crippen molar-refractivity contribution < 1.29 is 4.92 Å². The molecule has 1 heterocycles. The number of nitro benzene ring substituents is 1. The molecule has 0 unspecified atom stereocenters. The van der Waals surface area contributed by atoms with Crippen LogP contribution in [0.25, 0.3) is 0 Å². The van der Waals surface area contributed by atoms with Crippen molar-refractivity contribution in [1.82, 2.24) is 10.6 Å². The minimum atomic E-state index is -0.394. The number of guanidine groups is 1. The largest absolute Gasteiger partial charge is 0.356 e. The predicted molar refractivity (Wildman–Crippen MR) is 122 cm³/mol. The molecule has 1 aromatic heterocycles. The number of benzene rings is 1. The van der Waals surface area contributed by atoms with Crippen LogP contribution in [0.15, 0.2) is 46.8 Å². The van der Waals surface area contributed by atoms with Gasteiger partial charge in [0, 0.05) is 35.9 Å². The molecule has 0 bridgehead atoms. The Kier molecular flexibility index (Phi) is 11.3. The summed E-state index contributed by atoms with van der Waals surface area (Å²) < 4.78 is 0. The molecule has 0 saturated heterocycles. The molecule has 0 amide bonds. The van der Waals surface area contributed by atoms with Crippen LogP contribution in [0.4, 0.5) is 5.69 Å². The Balaban J connectivity index is 0.00000338. The molecule has 2 aromatic rings. The van der Waals surface area contributed by atoms with E-state index in [0.717, 1.165) is 36.8 Å². The Bertz CT molecular complexity index is 679. The van der Waals surface area contributed by atoms with E-state index in [9.17, 15) is 10.1 Å². The molecule has 0 aliphatic rings. The molecule has 0 radical (unpaired) electrons. The highest BCUT2D eigenvalue weighted by molar-refractivity contribution is 14.0. The van der Waals surface area contributed by atoms with Gasteiger partial charge in [0.1, 0.15) is 0 Å². The Morgan fingerprint density at radius 2 is 1.96 bits per heavy atom. The zero-order chi connectivity index (χ0) is 17.9. The molecule has 2 rings (SSSR count). The van der Waals surface area contributed by atoms with Gasteiger partial charge in [-0.15, -0.1) is 35.3 Å². The summed E-state index contributed by atoms with van der Waals surface area (Å²) in [7, 11) is 0. The van der Waals surface area contributed by atoms with E-state index in [1.807, 2.05) is 0 Å². The number of rotatable bonds is 9. The standard InChI is InChI=1S/C17H22N4O2S2.HI/c1-24-12-10-19-17(18-9-8-16-3-2-11-25-16)20-13-14-4-6-15(7-5-14)21(22)23;/h2-7,11H,8-10,12-13H2,1H3,(H2,18,19,20);1H. The normalized spacial score (nSPS) is 10.9. The van der Waals surface area contributed by atoms with Gasteiger partial charge in [-0.2, -0.15) is 11.8 Å². The van der Waals surface area contributed by atoms with E-state index in [4.69, 9.17) is 0 Å². The highest BCUT2D eigenvalue weighted by Crippen LogP contribution is 2.12. The minimum Gasteiger partial charge on any atom is -0.356 e. The van der Waals surface area contributed by atoms with Crippen LogP contribution in [-0.2, 0) is 13.0 Å². The molecule has 1 aromatic carbocycles. The number of non-ortho nitro benzene ring substituents is 1. The molecular weight excluding hydrogens is 483 g/mol. The van der Waals surface area contributed by atoms with E-state index < -0.39 is 4.92 Å². The van der Waals surface area contributed by atoms with Crippen LogP contribution in [0.3, 0.4) is 0 Å². The number of halogens is 1. The number of nitro groups is 1. The van der Waals surface area contributed by atoms with E-state index in [0.29, 0.717) is 6.54 Å². The van der Waals surface area contributed by atoms with Gasteiger partial charge < -0.3 is 10.6 Å². The molecule has 6 nitrogen and oxygen atoms in total. The third-order valence-corrected chi connectivity index (χ3v) is 4.96. The Labute approximate surface area is 179 Å². The first kappa shape index (κ1) is 22.7. The lowest BCUT2D eigenvalue weighted by molar-refractivity contribution is -0.384. The zero-order valence-corrected chi connectivity index (χ0v) is 18.5. The SMILES string of the molecule is CSCCNC(=NCc1ccc([N+](=O)[O-])cc1)NCCc1cccs1.I. The Morgan fingerprint density at radius 1 is 1.23 bits per heavy atom. The number of aliphatic imine (C=N–C) groups is 1. The van der Waals surface area contributed by atoms with E-state index in [2.05, 4.69) is 39.4 Å². The van der Waals surface area contributed by atoms with Crippen LogP contribution in [0.2, 0.25) is 0 Å². The lowest BCUT2D eigenvalue weighted by Crippen LogP contribution is -2.39. The summed E-state index contributed by atoms with van der Waals surface area (Å²) in [4.78, 5) is 16.2. The smallest absolute Gasteiger partial charge is 0.269 e. The van der Waals surface area contributed by atoms with Crippen LogP contribution in [-0.4, -0.2) is 36.0 Å². The molecule has 9 heteroatoms. The van der Waals surface area contributed by atoms with Crippen LogP contribution < -0.4 is 10.6 Å². The zero-order valence-electron chi connectivity index (χ0n) is 14.5. The third-order valence-electron chi connectivity index (χ3n) is 3.41. The van der Waals surface area contributed by atoms with Gasteiger partial charge in [-0.1, -0.05) is 18.2 Å². The molecule has 0 aliphatic carbocycles. The number of hydrogen-bond donors (Lipinski definition) is 2. The second kappa shape index (κ2) is 12.9. The summed E-state index contributed by atoms with van der Waals surface area (Å²) in [5.74, 6) is 1.77. The van der Waals surface area contributed by atoms with Gasteiger partial charge in [0.2, 0.25) is 0 Å². The number of nitrogens with one attached hydrogen (secondary N) is 2. The Morgan fingerprint density at radius 3 is 2.58 bits per heavy atom. The molecule has 0 atom stereocenters. The summed E-state index contributed by atoms with van der Waals surface area (Å²) in [6.07, 6.45) is 3.03. The van der Waals surface area contributed by atoms with Gasteiger partial charge in [0.05, 0.1) is 11.5 Å². The maximum Gasteiger partial charge on any atom is 0.269 e. The van der Waals surface area contributed by atoms with E-state index in [-0.39, 0.29) is 29.7 Å². The molecule has 0 spiro atoms. The summed E-state index contributed by atoms with van der Waals surface area (Å²) in [5, 5.41) is 19.4. The van der Waals surface area contributed by atoms with Crippen LogP contribution in [0.1, 0.15) is 10.4 Å². The van der Waals surface area contributed by atoms with Crippen molar-refractivity contribution in [2.24, 2.45) is 4.99 Å². The Hall–Kier alpha value is -1.33. The van der Waals surface area contributed by atoms with Crippen LogP contribution in [0, 0.1) is 10.1 Å². The maximum atomic E-state index is 10.7. The van der Waals surface area contributed by atoms with Crippen molar-refractivity contribution in [2.75, 3.05) is 25.1 Å². The van der Waals surface area contributed by atoms with Crippen molar-refractivity contribution in [1.29, 1.82) is 0 Å². The first-order valence-electron chi connectivity index (χ1n) is 7.96. The first-order chi connectivity index (χ1) is 12.2. The monoisotopic (exact) mass is 506 g/mol. The number of hydrogen-bond acceptors (Lipinski definition) is 5. The number of nitrogens with zero attached hydrogens (tertiary/aromatic N) is 2. The number of thiophene rings is 1. The second-order valence-electron chi connectivity index (χ2n) is 5.26. The van der Waals surface area contributed by atoms with Gasteiger partial charge in [-0.3, -0.25) is 10.1 Å². The topological polar surface area (TPSA) is 79.6 Å². The fourth-order valence-corrected chi connectivity index (χ4v) is 3.11. The fraction of sp³-hybridized carbons (Fsp3) is 0.353. The summed E-state index contributed by atoms with van der Waals surface area (Å²) in [6, 6.07) is 10.7. The van der Waals surface area contributed by atoms with E-state index >= 15 is 0 Å². The van der Waals surface area contributed by atoms with Crippen molar-refractivity contribution in [3.05, 3.63) is 62.3 Å². The third kappa shape index (κ3) is 8.37. The quantitative estimate of drug-likeness (QED) is 0.135. The van der Waals surface area contributed by atoms with Gasteiger partial charge in [-0.25, -0.2) is 4.99 Å². The molecule has 0 saturated carbocycles. The molecule has 142 valence electrons. The van der Waals surface area contributed by atoms with Gasteiger partial charge in [-0.05, 0) is 29.7 Å². The highest BCUT2D eigenvalue weighted by atomic mass is 127. The van der Waals surface area contributed by atoms with Crippen LogP contribution in [0.5, 0.6) is 0 Å². The lowest BCUT2D eigenvalue weighted by atomic mass is 10.2. The predicted octanol–water partition coefficient (Wildman–Crippen LogP) is 3.92. The van der Waals surface area contributed by atoms with E-state index in [1.165, 1.54) is 17.0 Å². The molecular formula is C17H23IN4O2S2. The second-order valence-corrected chi connectivity index (χ2v) is 7.28. The minimum absolute atomic E-state index is 0. The van der Waals surface area contributed by atoms with Crippen molar-refractivity contribution >= 4 is 58.7 Å². The molecule has 2 N–H and O–H groups in total. The molecule has 0 fully saturated rings. The molecule has 0 aliphatic heterocycles. The first-order valence-corrected chi connectivity index (χ1v) is 10.2. The average Bonchev–Trinajstić information content (AvgIpc) is 3.13. The van der Waals surface area contributed by atoms with Crippen molar-refractivity contribution in [3.8, 4) is 0 Å².